The fourth-order valence-electron chi connectivity index (χ4n) is 3.43. The highest BCUT2D eigenvalue weighted by Gasteiger charge is 2.33. The monoisotopic (exact) mass is 325 g/mol. The van der Waals surface area contributed by atoms with Crippen molar-refractivity contribution in [2.75, 3.05) is 0 Å². The lowest BCUT2D eigenvalue weighted by Crippen LogP contribution is -2.49. The summed E-state index contributed by atoms with van der Waals surface area (Å²) in [6, 6.07) is 5.02. The average molecular weight is 325 g/mol. The Bertz CT molecular complexity index is 842. The van der Waals surface area contributed by atoms with Crippen LogP contribution in [0.2, 0.25) is 0 Å². The molecule has 1 aromatic carbocycles. The summed E-state index contributed by atoms with van der Waals surface area (Å²) in [4.78, 5) is 23.7. The second-order valence-electron chi connectivity index (χ2n) is 6.21. The molecule has 2 heterocycles. The third-order valence-electron chi connectivity index (χ3n) is 4.73. The van der Waals surface area contributed by atoms with Crippen LogP contribution in [0.25, 0.3) is 11.0 Å². The Morgan fingerprint density at radius 3 is 3.12 bits per heavy atom. The van der Waals surface area contributed by atoms with Crippen molar-refractivity contribution in [3.63, 3.8) is 0 Å². The van der Waals surface area contributed by atoms with Crippen molar-refractivity contribution in [3.05, 3.63) is 48.8 Å². The molecule has 0 saturated heterocycles. The molecule has 0 bridgehead atoms. The topological polar surface area (TPSA) is 95.8 Å². The van der Waals surface area contributed by atoms with Crippen LogP contribution in [-0.4, -0.2) is 42.7 Å². The van der Waals surface area contributed by atoms with Gasteiger partial charge < -0.3 is 20.0 Å². The lowest BCUT2D eigenvalue weighted by atomic mass is 9.87. The first-order chi connectivity index (χ1) is 11.7. The molecule has 1 aliphatic rings. The molecule has 1 saturated carbocycles. The van der Waals surface area contributed by atoms with Gasteiger partial charge in [0.25, 0.3) is 5.91 Å². The zero-order valence-corrected chi connectivity index (χ0v) is 13.1. The summed E-state index contributed by atoms with van der Waals surface area (Å²) in [6.07, 6.45) is 8.84. The summed E-state index contributed by atoms with van der Waals surface area (Å²) >= 11 is 0. The minimum Gasteiger partial charge on any atom is -0.389 e. The molecule has 7 heteroatoms. The molecule has 1 fully saturated rings. The molecule has 0 unspecified atom stereocenters. The highest BCUT2D eigenvalue weighted by atomic mass is 16.3. The first-order valence-electron chi connectivity index (χ1n) is 8.12. The molecule has 3 N–H and O–H groups in total. The number of aliphatic hydroxyl groups excluding tert-OH is 1. The van der Waals surface area contributed by atoms with Gasteiger partial charge in [0, 0.05) is 18.0 Å². The van der Waals surface area contributed by atoms with Gasteiger partial charge in [-0.3, -0.25) is 4.79 Å². The van der Waals surface area contributed by atoms with Gasteiger partial charge in [-0.1, -0.05) is 0 Å². The van der Waals surface area contributed by atoms with Crippen LogP contribution in [0, 0.1) is 0 Å². The highest BCUT2D eigenvalue weighted by Crippen LogP contribution is 2.29. The fourth-order valence-corrected chi connectivity index (χ4v) is 3.43. The molecule has 0 aliphatic heterocycles. The lowest BCUT2D eigenvalue weighted by molar-refractivity contribution is 0.0399. The van der Waals surface area contributed by atoms with Crippen LogP contribution in [0.1, 0.15) is 35.7 Å². The van der Waals surface area contributed by atoms with E-state index < -0.39 is 6.10 Å². The minimum absolute atomic E-state index is 0.0540. The number of H-pyrrole nitrogens is 1. The SMILES string of the molecule is O=C(N[C@@H]1CCC[C@@H](n2ccnc2)[C@@H]1O)c1ccc2nc[nH]c2c1. The normalized spacial score (nSPS) is 24.1. The molecule has 0 spiro atoms. The van der Waals surface area contributed by atoms with Crippen molar-refractivity contribution in [1.82, 2.24) is 24.8 Å². The van der Waals surface area contributed by atoms with Crippen LogP contribution in [-0.2, 0) is 0 Å². The third kappa shape index (κ3) is 2.67. The number of rotatable bonds is 3. The minimum atomic E-state index is -0.632. The number of fused-ring (bicyclic) bond motifs is 1. The number of nitrogens with one attached hydrogen (secondary N) is 2. The molecule has 3 aromatic rings. The van der Waals surface area contributed by atoms with E-state index in [0.29, 0.717) is 5.56 Å². The molecule has 1 aliphatic carbocycles. The van der Waals surface area contributed by atoms with Gasteiger partial charge in [0.1, 0.15) is 0 Å². The molecule has 1 amide bonds. The van der Waals surface area contributed by atoms with E-state index in [0.717, 1.165) is 30.3 Å². The van der Waals surface area contributed by atoms with Crippen molar-refractivity contribution in [2.24, 2.45) is 0 Å². The largest absolute Gasteiger partial charge is 0.389 e. The zero-order valence-electron chi connectivity index (χ0n) is 13.1. The quantitative estimate of drug-likeness (QED) is 0.682. The number of aliphatic hydroxyl groups is 1. The third-order valence-corrected chi connectivity index (χ3v) is 4.73. The van der Waals surface area contributed by atoms with Crippen LogP contribution in [0.4, 0.5) is 0 Å². The van der Waals surface area contributed by atoms with E-state index in [2.05, 4.69) is 20.3 Å². The number of imidazole rings is 2. The van der Waals surface area contributed by atoms with Gasteiger partial charge in [0.05, 0.1) is 41.9 Å². The van der Waals surface area contributed by atoms with E-state index >= 15 is 0 Å². The van der Waals surface area contributed by atoms with Gasteiger partial charge >= 0.3 is 0 Å². The van der Waals surface area contributed by atoms with Gasteiger partial charge in [0.2, 0.25) is 0 Å². The summed E-state index contributed by atoms with van der Waals surface area (Å²) < 4.78 is 1.92. The van der Waals surface area contributed by atoms with Crippen LogP contribution in [0.15, 0.2) is 43.2 Å². The maximum Gasteiger partial charge on any atom is 0.251 e. The molecule has 4 rings (SSSR count). The predicted molar refractivity (Wildman–Crippen MR) is 88.5 cm³/mol. The van der Waals surface area contributed by atoms with Crippen molar-refractivity contribution < 1.29 is 9.90 Å². The van der Waals surface area contributed by atoms with E-state index in [1.54, 1.807) is 31.0 Å². The number of amides is 1. The number of carbonyl (C=O) groups is 1. The summed E-state index contributed by atoms with van der Waals surface area (Å²) in [5, 5.41) is 13.6. The molecule has 2 aromatic heterocycles. The van der Waals surface area contributed by atoms with Gasteiger partial charge in [0.15, 0.2) is 0 Å². The molecule has 24 heavy (non-hydrogen) atoms. The van der Waals surface area contributed by atoms with Gasteiger partial charge in [-0.2, -0.15) is 0 Å². The maximum atomic E-state index is 12.5. The zero-order chi connectivity index (χ0) is 16.5. The molecule has 0 radical (unpaired) electrons. The van der Waals surface area contributed by atoms with Crippen LogP contribution < -0.4 is 5.32 Å². The van der Waals surface area contributed by atoms with Gasteiger partial charge in [-0.15, -0.1) is 0 Å². The van der Waals surface area contributed by atoms with Crippen molar-refractivity contribution in [3.8, 4) is 0 Å². The van der Waals surface area contributed by atoms with E-state index in [1.165, 1.54) is 0 Å². The smallest absolute Gasteiger partial charge is 0.251 e. The molecule has 124 valence electrons. The van der Waals surface area contributed by atoms with Crippen molar-refractivity contribution in [1.29, 1.82) is 0 Å². The van der Waals surface area contributed by atoms with E-state index in [1.807, 2.05) is 16.8 Å². The standard InChI is InChI=1S/C17H19N5O2/c23-16-13(2-1-3-15(16)22-7-6-18-10-22)21-17(24)11-4-5-12-14(8-11)20-9-19-12/h4-10,13,15-16,23H,1-3H2,(H,19,20)(H,21,24)/t13-,15-,16-/m1/s1. The number of hydrogen-bond acceptors (Lipinski definition) is 4. The molecule has 3 atom stereocenters. The summed E-state index contributed by atoms with van der Waals surface area (Å²) in [5.41, 5.74) is 2.20. The lowest BCUT2D eigenvalue weighted by Gasteiger charge is -2.35. The second-order valence-corrected chi connectivity index (χ2v) is 6.21. The Morgan fingerprint density at radius 1 is 1.38 bits per heavy atom. The van der Waals surface area contributed by atoms with Crippen LogP contribution in [0.5, 0.6) is 0 Å². The number of benzene rings is 1. The molecule has 7 nitrogen and oxygen atoms in total. The summed E-state index contributed by atoms with van der Waals surface area (Å²) in [7, 11) is 0. The fraction of sp³-hybridized carbons (Fsp3) is 0.353. The van der Waals surface area contributed by atoms with Crippen molar-refractivity contribution in [2.45, 2.75) is 37.5 Å². The summed E-state index contributed by atoms with van der Waals surface area (Å²) in [6.45, 7) is 0. The average Bonchev–Trinajstić information content (AvgIpc) is 3.27. The Hall–Kier alpha value is -2.67. The summed E-state index contributed by atoms with van der Waals surface area (Å²) in [5.74, 6) is -0.179. The number of aromatic nitrogens is 4. The van der Waals surface area contributed by atoms with Crippen molar-refractivity contribution >= 4 is 16.9 Å². The van der Waals surface area contributed by atoms with Crippen LogP contribution in [0.3, 0.4) is 0 Å². The van der Waals surface area contributed by atoms with E-state index in [9.17, 15) is 9.90 Å². The molecular formula is C17H19N5O2. The number of nitrogens with zero attached hydrogens (tertiary/aromatic N) is 3. The Balaban J connectivity index is 1.50. The Labute approximate surface area is 138 Å². The predicted octanol–water partition coefficient (Wildman–Crippen LogP) is 1.64. The number of carbonyl (C=O) groups excluding carboxylic acids is 1. The van der Waals surface area contributed by atoms with E-state index in [-0.39, 0.29) is 18.0 Å². The number of hydrogen-bond donors (Lipinski definition) is 3. The first kappa shape index (κ1) is 14.9. The highest BCUT2D eigenvalue weighted by molar-refractivity contribution is 5.97. The Morgan fingerprint density at radius 2 is 2.29 bits per heavy atom. The van der Waals surface area contributed by atoms with Crippen LogP contribution >= 0.6 is 0 Å². The number of aromatic amines is 1. The maximum absolute atomic E-state index is 12.5. The second kappa shape index (κ2) is 6.09. The molecular weight excluding hydrogens is 306 g/mol. The first-order valence-corrected chi connectivity index (χ1v) is 8.12. The van der Waals surface area contributed by atoms with E-state index in [4.69, 9.17) is 0 Å². The van der Waals surface area contributed by atoms with Gasteiger partial charge in [-0.25, -0.2) is 9.97 Å². The Kier molecular flexibility index (Phi) is 3.78. The van der Waals surface area contributed by atoms with Gasteiger partial charge in [-0.05, 0) is 37.5 Å².